The molecule has 164 valence electrons. The standard InChI is InChI=1S/C25H18N2O6/c28-24-19-12-22(27(31)32)23(13-21(19)26(17-8-9-17)14-20(24)25(29)30)33-18-10-6-16(7-11-18)15-4-2-1-3-5-15/h1-7,10-14,17H,8-9H2,(H,29,30). The molecule has 0 aliphatic heterocycles. The van der Waals surface area contributed by atoms with E-state index in [1.807, 2.05) is 42.5 Å². The molecule has 1 saturated carbocycles. The van der Waals surface area contributed by atoms with Crippen LogP contribution in [0.15, 0.2) is 77.7 Å². The number of pyridine rings is 1. The molecule has 0 radical (unpaired) electrons. The minimum Gasteiger partial charge on any atom is -0.477 e. The highest BCUT2D eigenvalue weighted by atomic mass is 16.6. The van der Waals surface area contributed by atoms with Crippen LogP contribution in [0, 0.1) is 10.1 Å². The average Bonchev–Trinajstić information content (AvgIpc) is 3.65. The summed E-state index contributed by atoms with van der Waals surface area (Å²) in [5.74, 6) is -0.978. The minimum absolute atomic E-state index is 0.0136. The van der Waals surface area contributed by atoms with Crippen LogP contribution in [-0.4, -0.2) is 20.6 Å². The van der Waals surface area contributed by atoms with Crippen molar-refractivity contribution in [1.82, 2.24) is 4.57 Å². The van der Waals surface area contributed by atoms with Crippen molar-refractivity contribution < 1.29 is 19.6 Å². The molecular formula is C25H18N2O6. The molecule has 1 N–H and O–H groups in total. The van der Waals surface area contributed by atoms with Gasteiger partial charge in [0.25, 0.3) is 0 Å². The van der Waals surface area contributed by atoms with Gasteiger partial charge < -0.3 is 14.4 Å². The smallest absolute Gasteiger partial charge is 0.341 e. The third-order valence-electron chi connectivity index (χ3n) is 5.67. The van der Waals surface area contributed by atoms with Crippen molar-refractivity contribution in [1.29, 1.82) is 0 Å². The Morgan fingerprint density at radius 1 is 1.03 bits per heavy atom. The number of hydrogen-bond donors (Lipinski definition) is 1. The normalized spacial score (nSPS) is 13.1. The van der Waals surface area contributed by atoms with Gasteiger partial charge in [-0.05, 0) is 36.1 Å². The van der Waals surface area contributed by atoms with Crippen LogP contribution in [0.25, 0.3) is 22.0 Å². The SMILES string of the molecule is O=C(O)c1cn(C2CC2)c2cc(Oc3ccc(-c4ccccc4)cc3)c([N+](=O)[O-])cc2c1=O. The Morgan fingerprint density at radius 3 is 2.30 bits per heavy atom. The van der Waals surface area contributed by atoms with E-state index in [1.165, 1.54) is 12.3 Å². The highest BCUT2D eigenvalue weighted by Crippen LogP contribution is 2.40. The lowest BCUT2D eigenvalue weighted by Gasteiger charge is -2.14. The third-order valence-corrected chi connectivity index (χ3v) is 5.67. The Bertz CT molecular complexity index is 1450. The van der Waals surface area contributed by atoms with Crippen LogP contribution in [0.5, 0.6) is 11.5 Å². The molecule has 1 aliphatic rings. The number of nitro benzene ring substituents is 1. The number of carbonyl (C=O) groups is 1. The van der Waals surface area contributed by atoms with Crippen molar-refractivity contribution in [2.45, 2.75) is 18.9 Å². The molecule has 1 aliphatic carbocycles. The van der Waals surface area contributed by atoms with Gasteiger partial charge in [-0.1, -0.05) is 42.5 Å². The summed E-state index contributed by atoms with van der Waals surface area (Å²) in [6, 6.07) is 19.5. The molecular weight excluding hydrogens is 424 g/mol. The zero-order valence-corrected chi connectivity index (χ0v) is 17.3. The first-order chi connectivity index (χ1) is 15.9. The maximum Gasteiger partial charge on any atom is 0.341 e. The summed E-state index contributed by atoms with van der Waals surface area (Å²) >= 11 is 0. The molecule has 8 nitrogen and oxygen atoms in total. The summed E-state index contributed by atoms with van der Waals surface area (Å²) in [5, 5.41) is 21.2. The maximum atomic E-state index is 12.7. The molecule has 4 aromatic rings. The van der Waals surface area contributed by atoms with Gasteiger partial charge in [0.05, 0.1) is 15.8 Å². The molecule has 0 spiro atoms. The molecule has 8 heteroatoms. The van der Waals surface area contributed by atoms with E-state index < -0.39 is 27.6 Å². The van der Waals surface area contributed by atoms with Crippen molar-refractivity contribution in [3.05, 3.63) is 98.8 Å². The van der Waals surface area contributed by atoms with E-state index in [9.17, 15) is 24.8 Å². The van der Waals surface area contributed by atoms with Gasteiger partial charge >= 0.3 is 11.7 Å². The molecule has 33 heavy (non-hydrogen) atoms. The summed E-state index contributed by atoms with van der Waals surface area (Å²) in [6.07, 6.45) is 2.99. The number of nitro groups is 1. The van der Waals surface area contributed by atoms with Crippen molar-refractivity contribution in [2.24, 2.45) is 0 Å². The highest BCUT2D eigenvalue weighted by Gasteiger charge is 2.29. The van der Waals surface area contributed by atoms with Crippen LogP contribution in [0.3, 0.4) is 0 Å². The van der Waals surface area contributed by atoms with Crippen molar-refractivity contribution in [3.8, 4) is 22.6 Å². The number of benzene rings is 3. The van der Waals surface area contributed by atoms with Crippen LogP contribution in [0.4, 0.5) is 5.69 Å². The summed E-state index contributed by atoms with van der Waals surface area (Å²) in [5.41, 5.74) is 0.846. The zero-order chi connectivity index (χ0) is 23.1. The molecule has 5 rings (SSSR count). The quantitative estimate of drug-likeness (QED) is 0.316. The predicted octanol–water partition coefficient (Wildman–Crippen LogP) is 5.40. The Hall–Kier alpha value is -4.46. The third kappa shape index (κ3) is 3.82. The Balaban J connectivity index is 1.60. The molecule has 1 heterocycles. The second kappa shape index (κ2) is 7.90. The Kier molecular flexibility index (Phi) is 4.90. The van der Waals surface area contributed by atoms with Crippen LogP contribution in [0.1, 0.15) is 29.2 Å². The predicted molar refractivity (Wildman–Crippen MR) is 122 cm³/mol. The maximum absolute atomic E-state index is 12.7. The Morgan fingerprint density at radius 2 is 1.70 bits per heavy atom. The van der Waals surface area contributed by atoms with Crippen molar-refractivity contribution in [2.75, 3.05) is 0 Å². The van der Waals surface area contributed by atoms with E-state index in [1.54, 1.807) is 16.7 Å². The first-order valence-corrected chi connectivity index (χ1v) is 10.4. The van der Waals surface area contributed by atoms with Gasteiger partial charge in [-0.15, -0.1) is 0 Å². The lowest BCUT2D eigenvalue weighted by atomic mass is 10.1. The van der Waals surface area contributed by atoms with Gasteiger partial charge in [0.2, 0.25) is 11.2 Å². The van der Waals surface area contributed by atoms with Crippen molar-refractivity contribution >= 4 is 22.6 Å². The van der Waals surface area contributed by atoms with E-state index in [2.05, 4.69) is 0 Å². The van der Waals surface area contributed by atoms with Crippen LogP contribution >= 0.6 is 0 Å². The van der Waals surface area contributed by atoms with Gasteiger partial charge in [-0.3, -0.25) is 14.9 Å². The van der Waals surface area contributed by atoms with Crippen LogP contribution in [0.2, 0.25) is 0 Å². The molecule has 0 unspecified atom stereocenters. The lowest BCUT2D eigenvalue weighted by Crippen LogP contribution is -2.19. The van der Waals surface area contributed by atoms with E-state index in [0.717, 1.165) is 30.0 Å². The largest absolute Gasteiger partial charge is 0.477 e. The summed E-state index contributed by atoms with van der Waals surface area (Å²) < 4.78 is 7.57. The van der Waals surface area contributed by atoms with Crippen molar-refractivity contribution in [3.63, 3.8) is 0 Å². The van der Waals surface area contributed by atoms with Gasteiger partial charge in [0.1, 0.15) is 11.3 Å². The van der Waals surface area contributed by atoms with Crippen LogP contribution in [-0.2, 0) is 0 Å². The second-order valence-electron chi connectivity index (χ2n) is 7.90. The monoisotopic (exact) mass is 442 g/mol. The van der Waals surface area contributed by atoms with Gasteiger partial charge in [0, 0.05) is 24.4 Å². The first kappa shape index (κ1) is 20.4. The van der Waals surface area contributed by atoms with E-state index in [-0.39, 0.29) is 17.2 Å². The van der Waals surface area contributed by atoms with Gasteiger partial charge in [0.15, 0.2) is 0 Å². The summed E-state index contributed by atoms with van der Waals surface area (Å²) in [7, 11) is 0. The molecule has 0 amide bonds. The van der Waals surface area contributed by atoms with Gasteiger partial charge in [-0.2, -0.15) is 0 Å². The summed E-state index contributed by atoms with van der Waals surface area (Å²) in [4.78, 5) is 35.4. The number of carboxylic acids is 1. The molecule has 0 saturated heterocycles. The number of aromatic nitrogens is 1. The zero-order valence-electron chi connectivity index (χ0n) is 17.3. The number of aromatic carboxylic acids is 1. The fourth-order valence-electron chi connectivity index (χ4n) is 3.87. The van der Waals surface area contributed by atoms with Gasteiger partial charge in [-0.25, -0.2) is 4.79 Å². The number of ether oxygens (including phenoxy) is 1. The first-order valence-electron chi connectivity index (χ1n) is 10.4. The molecule has 3 aromatic carbocycles. The molecule has 1 aromatic heterocycles. The average molecular weight is 442 g/mol. The van der Waals surface area contributed by atoms with E-state index >= 15 is 0 Å². The summed E-state index contributed by atoms with van der Waals surface area (Å²) in [6.45, 7) is 0. The second-order valence-corrected chi connectivity index (χ2v) is 7.90. The number of rotatable bonds is 6. The molecule has 0 bridgehead atoms. The number of carboxylic acid groups (broad SMARTS) is 1. The number of hydrogen-bond acceptors (Lipinski definition) is 5. The number of fused-ring (bicyclic) bond motifs is 1. The Labute approximate surface area is 187 Å². The highest BCUT2D eigenvalue weighted by molar-refractivity contribution is 5.94. The minimum atomic E-state index is -1.36. The number of nitrogens with zero attached hydrogens (tertiary/aromatic N) is 2. The van der Waals surface area contributed by atoms with Crippen LogP contribution < -0.4 is 10.2 Å². The molecule has 0 atom stereocenters. The fourth-order valence-corrected chi connectivity index (χ4v) is 3.87. The van der Waals surface area contributed by atoms with E-state index in [0.29, 0.717) is 11.3 Å². The topological polar surface area (TPSA) is 112 Å². The molecule has 1 fully saturated rings. The lowest BCUT2D eigenvalue weighted by molar-refractivity contribution is -0.385. The van der Waals surface area contributed by atoms with E-state index in [4.69, 9.17) is 4.74 Å². The fraction of sp³-hybridized carbons (Fsp3) is 0.120.